The van der Waals surface area contributed by atoms with Crippen LogP contribution in [-0.2, 0) is 0 Å². The van der Waals surface area contributed by atoms with E-state index in [9.17, 15) is 8.78 Å². The van der Waals surface area contributed by atoms with Crippen LogP contribution in [0.4, 0.5) is 8.78 Å². The fraction of sp³-hybridized carbons (Fsp3) is 0.500. The van der Waals surface area contributed by atoms with Crippen molar-refractivity contribution in [2.75, 3.05) is 0 Å². The summed E-state index contributed by atoms with van der Waals surface area (Å²) in [5.41, 5.74) is 0.165. The summed E-state index contributed by atoms with van der Waals surface area (Å²) in [5, 5.41) is 0. The zero-order valence-corrected chi connectivity index (χ0v) is 6.12. The van der Waals surface area contributed by atoms with Gasteiger partial charge in [0.1, 0.15) is 11.7 Å². The summed E-state index contributed by atoms with van der Waals surface area (Å²) >= 11 is 0. The molecule has 0 heterocycles. The van der Waals surface area contributed by atoms with E-state index in [1.807, 2.05) is 0 Å². The Hall–Kier alpha value is -0.660. The lowest BCUT2D eigenvalue weighted by Crippen LogP contribution is -2.00. The van der Waals surface area contributed by atoms with Crippen molar-refractivity contribution in [3.63, 3.8) is 0 Å². The molecular weight excluding hydrogens is 134 g/mol. The van der Waals surface area contributed by atoms with Gasteiger partial charge in [0.2, 0.25) is 0 Å². The highest BCUT2D eigenvalue weighted by atomic mass is 19.1. The lowest BCUT2D eigenvalue weighted by atomic mass is 9.97. The molecule has 0 amide bonds. The largest absolute Gasteiger partial charge is 0.211 e. The van der Waals surface area contributed by atoms with Crippen LogP contribution in [0.5, 0.6) is 0 Å². The fourth-order valence-electron chi connectivity index (χ4n) is 0.999. The quantitative estimate of drug-likeness (QED) is 0.490. The van der Waals surface area contributed by atoms with Gasteiger partial charge in [-0.3, -0.25) is 0 Å². The molecule has 0 aromatic heterocycles. The number of hydrogen-bond acceptors (Lipinski definition) is 0. The van der Waals surface area contributed by atoms with Crippen molar-refractivity contribution in [3.8, 4) is 0 Å². The molecule has 0 fully saturated rings. The van der Waals surface area contributed by atoms with Gasteiger partial charge in [-0.25, -0.2) is 8.78 Å². The Morgan fingerprint density at radius 1 is 1.50 bits per heavy atom. The molecule has 1 atom stereocenters. The predicted octanol–water partition coefficient (Wildman–Crippen LogP) is 3.12. The summed E-state index contributed by atoms with van der Waals surface area (Å²) in [6, 6.07) is 0. The van der Waals surface area contributed by atoms with Crippen molar-refractivity contribution in [1.82, 2.24) is 0 Å². The van der Waals surface area contributed by atoms with Crippen molar-refractivity contribution in [2.45, 2.75) is 20.3 Å². The Morgan fingerprint density at radius 2 is 2.10 bits per heavy atom. The zero-order chi connectivity index (χ0) is 7.72. The van der Waals surface area contributed by atoms with Gasteiger partial charge >= 0.3 is 0 Å². The summed E-state index contributed by atoms with van der Waals surface area (Å²) in [5.74, 6) is -0.715. The van der Waals surface area contributed by atoms with Crippen molar-refractivity contribution in [2.24, 2.45) is 5.92 Å². The van der Waals surface area contributed by atoms with E-state index < -0.39 is 5.83 Å². The van der Waals surface area contributed by atoms with E-state index in [4.69, 9.17) is 0 Å². The maximum absolute atomic E-state index is 12.7. The first-order valence-corrected chi connectivity index (χ1v) is 3.34. The summed E-state index contributed by atoms with van der Waals surface area (Å²) in [7, 11) is 0. The highest BCUT2D eigenvalue weighted by molar-refractivity contribution is 5.30. The number of allylic oxidation sites excluding steroid dienone is 4. The molecular formula is C8H10F2. The summed E-state index contributed by atoms with van der Waals surface area (Å²) in [4.78, 5) is 0. The minimum Gasteiger partial charge on any atom is -0.211 e. The molecule has 10 heavy (non-hydrogen) atoms. The van der Waals surface area contributed by atoms with Crippen LogP contribution in [-0.4, -0.2) is 0 Å². The first kappa shape index (κ1) is 7.45. The van der Waals surface area contributed by atoms with Gasteiger partial charge in [0.15, 0.2) is 0 Å². The second-order valence-corrected chi connectivity index (χ2v) is 2.73. The molecule has 0 aromatic rings. The molecule has 1 rings (SSSR count). The minimum absolute atomic E-state index is 0.00343. The molecule has 1 aliphatic rings. The van der Waals surface area contributed by atoms with E-state index in [0.29, 0.717) is 6.42 Å². The molecule has 0 bridgehead atoms. The first-order valence-electron chi connectivity index (χ1n) is 3.34. The van der Waals surface area contributed by atoms with Gasteiger partial charge in [-0.2, -0.15) is 0 Å². The van der Waals surface area contributed by atoms with E-state index in [1.54, 1.807) is 6.92 Å². The van der Waals surface area contributed by atoms with Crippen LogP contribution >= 0.6 is 0 Å². The third kappa shape index (κ3) is 1.25. The van der Waals surface area contributed by atoms with E-state index in [2.05, 4.69) is 0 Å². The normalized spacial score (nSPS) is 26.8. The summed E-state index contributed by atoms with van der Waals surface area (Å²) in [6.07, 6.45) is 1.80. The van der Waals surface area contributed by atoms with Crippen LogP contribution in [0.2, 0.25) is 0 Å². The van der Waals surface area contributed by atoms with Gasteiger partial charge in [0.25, 0.3) is 0 Å². The number of hydrogen-bond donors (Lipinski definition) is 0. The highest BCUT2D eigenvalue weighted by Gasteiger charge is 2.16. The maximum Gasteiger partial charge on any atom is 0.124 e. The molecule has 0 spiro atoms. The third-order valence-electron chi connectivity index (χ3n) is 1.70. The second-order valence-electron chi connectivity index (χ2n) is 2.73. The zero-order valence-electron chi connectivity index (χ0n) is 6.12. The Kier molecular flexibility index (Phi) is 1.88. The van der Waals surface area contributed by atoms with Crippen LogP contribution in [0.25, 0.3) is 0 Å². The second kappa shape index (κ2) is 2.52. The van der Waals surface area contributed by atoms with Gasteiger partial charge in [-0.15, -0.1) is 0 Å². The monoisotopic (exact) mass is 144 g/mol. The molecule has 0 radical (unpaired) electrons. The molecule has 0 nitrogen and oxygen atoms in total. The lowest BCUT2D eigenvalue weighted by Gasteiger charge is -2.12. The van der Waals surface area contributed by atoms with Crippen LogP contribution in [0.3, 0.4) is 0 Å². The van der Waals surface area contributed by atoms with Gasteiger partial charge in [-0.05, 0) is 18.9 Å². The molecule has 1 aliphatic carbocycles. The Bertz CT molecular complexity index is 201. The summed E-state index contributed by atoms with van der Waals surface area (Å²) in [6.45, 7) is 3.26. The van der Waals surface area contributed by atoms with Crippen LogP contribution in [0.1, 0.15) is 20.3 Å². The van der Waals surface area contributed by atoms with E-state index in [-0.39, 0.29) is 17.3 Å². The third-order valence-corrected chi connectivity index (χ3v) is 1.70. The molecule has 0 saturated carbocycles. The Morgan fingerprint density at radius 3 is 2.60 bits per heavy atom. The van der Waals surface area contributed by atoms with Crippen LogP contribution in [0, 0.1) is 5.92 Å². The van der Waals surface area contributed by atoms with Crippen molar-refractivity contribution < 1.29 is 8.78 Å². The Labute approximate surface area is 59.2 Å². The highest BCUT2D eigenvalue weighted by Crippen LogP contribution is 2.29. The molecule has 0 aromatic carbocycles. The SMILES string of the molecule is CC1=C(F)CC(C)C=C1F. The van der Waals surface area contributed by atoms with E-state index >= 15 is 0 Å². The number of rotatable bonds is 0. The average Bonchev–Trinajstić information content (AvgIpc) is 1.82. The predicted molar refractivity (Wildman–Crippen MR) is 36.8 cm³/mol. The fourth-order valence-corrected chi connectivity index (χ4v) is 0.999. The van der Waals surface area contributed by atoms with Gasteiger partial charge in [0.05, 0.1) is 0 Å². The average molecular weight is 144 g/mol. The molecule has 0 saturated heterocycles. The van der Waals surface area contributed by atoms with Gasteiger partial charge in [-0.1, -0.05) is 6.92 Å². The minimum atomic E-state index is -0.406. The van der Waals surface area contributed by atoms with Crippen molar-refractivity contribution in [3.05, 3.63) is 23.3 Å². The smallest absolute Gasteiger partial charge is 0.124 e. The molecule has 2 heteroatoms. The maximum atomic E-state index is 12.7. The van der Waals surface area contributed by atoms with Crippen molar-refractivity contribution in [1.29, 1.82) is 0 Å². The van der Waals surface area contributed by atoms with Gasteiger partial charge in [0, 0.05) is 12.0 Å². The topological polar surface area (TPSA) is 0 Å². The lowest BCUT2D eigenvalue weighted by molar-refractivity contribution is 0.494. The molecule has 0 aliphatic heterocycles. The molecule has 56 valence electrons. The van der Waals surface area contributed by atoms with E-state index in [0.717, 1.165) is 0 Å². The standard InChI is InChI=1S/C8H10F2/c1-5-3-7(9)6(2)8(10)4-5/h3,5H,4H2,1-2H3. The number of halogens is 2. The first-order chi connectivity index (χ1) is 4.61. The summed E-state index contributed by atoms with van der Waals surface area (Å²) < 4.78 is 25.3. The van der Waals surface area contributed by atoms with Crippen molar-refractivity contribution >= 4 is 0 Å². The van der Waals surface area contributed by atoms with Crippen LogP contribution < -0.4 is 0 Å². The molecule has 1 unspecified atom stereocenters. The van der Waals surface area contributed by atoms with E-state index in [1.165, 1.54) is 13.0 Å². The van der Waals surface area contributed by atoms with Gasteiger partial charge < -0.3 is 0 Å². The molecule has 0 N–H and O–H groups in total. The Balaban J connectivity index is 2.90. The van der Waals surface area contributed by atoms with Crippen LogP contribution in [0.15, 0.2) is 23.3 Å².